The van der Waals surface area contributed by atoms with Gasteiger partial charge in [-0.3, -0.25) is 0 Å². The SMILES string of the molecule is O=C(NCC1CCCO1)NC1CCCOc2ccc(F)cc21. The molecular formula is C16H21FN2O3. The minimum absolute atomic E-state index is 0.105. The van der Waals surface area contributed by atoms with E-state index in [1.165, 1.54) is 12.1 Å². The van der Waals surface area contributed by atoms with Crippen LogP contribution in [0.5, 0.6) is 5.75 Å². The van der Waals surface area contributed by atoms with E-state index < -0.39 is 0 Å². The first-order valence-corrected chi connectivity index (χ1v) is 7.80. The first kappa shape index (κ1) is 15.1. The predicted molar refractivity (Wildman–Crippen MR) is 79.4 cm³/mol. The van der Waals surface area contributed by atoms with E-state index in [0.717, 1.165) is 32.3 Å². The van der Waals surface area contributed by atoms with Crippen LogP contribution in [0.1, 0.15) is 37.3 Å². The number of halogens is 1. The fourth-order valence-electron chi connectivity index (χ4n) is 2.92. The van der Waals surface area contributed by atoms with E-state index in [9.17, 15) is 9.18 Å². The molecule has 120 valence electrons. The zero-order valence-corrected chi connectivity index (χ0v) is 12.4. The molecule has 0 aromatic heterocycles. The van der Waals surface area contributed by atoms with Crippen molar-refractivity contribution in [3.63, 3.8) is 0 Å². The second-order valence-electron chi connectivity index (χ2n) is 5.71. The van der Waals surface area contributed by atoms with E-state index in [-0.39, 0.29) is 24.0 Å². The van der Waals surface area contributed by atoms with Gasteiger partial charge in [0.15, 0.2) is 0 Å². The molecule has 1 aromatic carbocycles. The molecule has 1 fully saturated rings. The zero-order valence-electron chi connectivity index (χ0n) is 12.4. The van der Waals surface area contributed by atoms with E-state index in [1.807, 2.05) is 0 Å². The van der Waals surface area contributed by atoms with E-state index in [0.29, 0.717) is 24.5 Å². The van der Waals surface area contributed by atoms with Gasteiger partial charge in [0.1, 0.15) is 11.6 Å². The molecule has 0 saturated carbocycles. The van der Waals surface area contributed by atoms with Crippen molar-refractivity contribution >= 4 is 6.03 Å². The molecule has 2 unspecified atom stereocenters. The Morgan fingerprint density at radius 3 is 2.95 bits per heavy atom. The molecule has 0 aliphatic carbocycles. The van der Waals surface area contributed by atoms with Gasteiger partial charge in [-0.2, -0.15) is 0 Å². The molecule has 2 aliphatic heterocycles. The quantitative estimate of drug-likeness (QED) is 0.902. The summed E-state index contributed by atoms with van der Waals surface area (Å²) < 4.78 is 24.6. The van der Waals surface area contributed by atoms with Gasteiger partial charge in [-0.1, -0.05) is 0 Å². The van der Waals surface area contributed by atoms with Crippen LogP contribution in [0.25, 0.3) is 0 Å². The molecule has 1 aromatic rings. The lowest BCUT2D eigenvalue weighted by Gasteiger charge is -2.19. The van der Waals surface area contributed by atoms with Crippen LogP contribution in [0.2, 0.25) is 0 Å². The number of rotatable bonds is 3. The Morgan fingerprint density at radius 2 is 2.14 bits per heavy atom. The highest BCUT2D eigenvalue weighted by molar-refractivity contribution is 5.74. The molecule has 2 atom stereocenters. The van der Waals surface area contributed by atoms with Crippen molar-refractivity contribution in [2.45, 2.75) is 37.8 Å². The van der Waals surface area contributed by atoms with E-state index in [2.05, 4.69) is 10.6 Å². The molecule has 2 N–H and O–H groups in total. The first-order chi connectivity index (χ1) is 10.7. The number of benzene rings is 1. The molecule has 5 nitrogen and oxygen atoms in total. The highest BCUT2D eigenvalue weighted by atomic mass is 19.1. The van der Waals surface area contributed by atoms with Crippen LogP contribution in [0.15, 0.2) is 18.2 Å². The van der Waals surface area contributed by atoms with Crippen LogP contribution in [0, 0.1) is 5.82 Å². The monoisotopic (exact) mass is 308 g/mol. The van der Waals surface area contributed by atoms with Crippen LogP contribution in [-0.2, 0) is 4.74 Å². The van der Waals surface area contributed by atoms with E-state index in [1.54, 1.807) is 6.07 Å². The molecule has 2 amide bonds. The number of carbonyl (C=O) groups excluding carboxylic acids is 1. The van der Waals surface area contributed by atoms with Gasteiger partial charge in [-0.15, -0.1) is 0 Å². The van der Waals surface area contributed by atoms with Gasteiger partial charge >= 0.3 is 6.03 Å². The third-order valence-corrected chi connectivity index (χ3v) is 4.06. The Morgan fingerprint density at radius 1 is 1.27 bits per heavy atom. The zero-order chi connectivity index (χ0) is 15.4. The average molecular weight is 308 g/mol. The Kier molecular flexibility index (Phi) is 4.77. The molecule has 3 rings (SSSR count). The normalized spacial score (nSPS) is 24.0. The van der Waals surface area contributed by atoms with Crippen molar-refractivity contribution in [1.82, 2.24) is 10.6 Å². The van der Waals surface area contributed by atoms with Gasteiger partial charge in [-0.25, -0.2) is 9.18 Å². The minimum atomic E-state index is -0.323. The number of carbonyl (C=O) groups is 1. The molecule has 2 heterocycles. The summed E-state index contributed by atoms with van der Waals surface area (Å²) in [5.41, 5.74) is 0.699. The van der Waals surface area contributed by atoms with E-state index in [4.69, 9.17) is 9.47 Å². The number of nitrogens with one attached hydrogen (secondary N) is 2. The lowest BCUT2D eigenvalue weighted by atomic mass is 10.0. The third kappa shape index (κ3) is 3.68. The molecule has 0 radical (unpaired) electrons. The molecule has 2 aliphatic rings. The fraction of sp³-hybridized carbons (Fsp3) is 0.562. The van der Waals surface area contributed by atoms with Gasteiger partial charge in [0, 0.05) is 18.7 Å². The van der Waals surface area contributed by atoms with Crippen molar-refractivity contribution in [2.24, 2.45) is 0 Å². The van der Waals surface area contributed by atoms with Crippen molar-refractivity contribution in [2.75, 3.05) is 19.8 Å². The van der Waals surface area contributed by atoms with Crippen molar-refractivity contribution in [1.29, 1.82) is 0 Å². The molecule has 22 heavy (non-hydrogen) atoms. The standard InChI is InChI=1S/C16H21FN2O3/c17-11-5-6-15-13(9-11)14(4-2-8-22-15)19-16(20)18-10-12-3-1-7-21-12/h5-6,9,12,14H,1-4,7-8,10H2,(H2,18,19,20). The van der Waals surface area contributed by atoms with Gasteiger partial charge in [0.2, 0.25) is 0 Å². The summed E-state index contributed by atoms with van der Waals surface area (Å²) in [5.74, 6) is 0.319. The lowest BCUT2D eigenvalue weighted by Crippen LogP contribution is -2.41. The van der Waals surface area contributed by atoms with Crippen molar-refractivity contribution in [3.8, 4) is 5.75 Å². The summed E-state index contributed by atoms with van der Waals surface area (Å²) in [6.45, 7) is 1.85. The topological polar surface area (TPSA) is 59.6 Å². The molecule has 1 saturated heterocycles. The molecule has 6 heteroatoms. The second-order valence-corrected chi connectivity index (χ2v) is 5.71. The Labute approximate surface area is 129 Å². The minimum Gasteiger partial charge on any atom is -0.493 e. The molecule has 0 bridgehead atoms. The Hall–Kier alpha value is -1.82. The maximum atomic E-state index is 13.5. The number of ether oxygens (including phenoxy) is 2. The largest absolute Gasteiger partial charge is 0.493 e. The van der Waals surface area contributed by atoms with Gasteiger partial charge in [-0.05, 0) is 43.9 Å². The lowest BCUT2D eigenvalue weighted by molar-refractivity contribution is 0.111. The number of hydrogen-bond acceptors (Lipinski definition) is 3. The van der Waals surface area contributed by atoms with Crippen LogP contribution in [0.3, 0.4) is 0 Å². The number of amides is 2. The summed E-state index contributed by atoms with van der Waals surface area (Å²) in [4.78, 5) is 12.1. The smallest absolute Gasteiger partial charge is 0.315 e. The molecular weight excluding hydrogens is 287 g/mol. The van der Waals surface area contributed by atoms with Gasteiger partial charge in [0.25, 0.3) is 0 Å². The molecule has 0 spiro atoms. The van der Waals surface area contributed by atoms with Gasteiger partial charge in [0.05, 0.1) is 18.8 Å². The highest BCUT2D eigenvalue weighted by Gasteiger charge is 2.23. The predicted octanol–water partition coefficient (Wildman–Crippen LogP) is 2.52. The Balaban J connectivity index is 1.61. The van der Waals surface area contributed by atoms with Crippen molar-refractivity contribution < 1.29 is 18.7 Å². The summed E-state index contributed by atoms with van der Waals surface area (Å²) in [6.07, 6.45) is 3.66. The van der Waals surface area contributed by atoms with Crippen LogP contribution < -0.4 is 15.4 Å². The Bertz CT molecular complexity index is 532. The number of hydrogen-bond donors (Lipinski definition) is 2. The average Bonchev–Trinajstić information content (AvgIpc) is 2.95. The van der Waals surface area contributed by atoms with Gasteiger partial charge < -0.3 is 20.1 Å². The summed E-state index contributed by atoms with van der Waals surface area (Å²) >= 11 is 0. The first-order valence-electron chi connectivity index (χ1n) is 7.80. The van der Waals surface area contributed by atoms with E-state index >= 15 is 0 Å². The number of urea groups is 1. The summed E-state index contributed by atoms with van der Waals surface area (Å²) in [5, 5.41) is 5.74. The van der Waals surface area contributed by atoms with Crippen LogP contribution >= 0.6 is 0 Å². The summed E-state index contributed by atoms with van der Waals surface area (Å²) in [6, 6.07) is 3.94. The number of fused-ring (bicyclic) bond motifs is 1. The second kappa shape index (κ2) is 6.96. The maximum absolute atomic E-state index is 13.5. The summed E-state index contributed by atoms with van der Waals surface area (Å²) in [7, 11) is 0. The highest BCUT2D eigenvalue weighted by Crippen LogP contribution is 2.31. The third-order valence-electron chi connectivity index (χ3n) is 4.06. The fourth-order valence-corrected chi connectivity index (χ4v) is 2.92. The van der Waals surface area contributed by atoms with Crippen LogP contribution in [-0.4, -0.2) is 31.9 Å². The van der Waals surface area contributed by atoms with Crippen LogP contribution in [0.4, 0.5) is 9.18 Å². The van der Waals surface area contributed by atoms with Crippen molar-refractivity contribution in [3.05, 3.63) is 29.6 Å². The maximum Gasteiger partial charge on any atom is 0.315 e.